The van der Waals surface area contributed by atoms with Crippen LogP contribution >= 0.6 is 23.2 Å². The molecule has 1 heterocycles. The summed E-state index contributed by atoms with van der Waals surface area (Å²) < 4.78 is 5.72. The molecule has 1 unspecified atom stereocenters. The molecule has 0 saturated carbocycles. The molecule has 0 aromatic carbocycles. The van der Waals surface area contributed by atoms with E-state index in [-0.39, 0.29) is 6.10 Å². The molecule has 0 radical (unpaired) electrons. The van der Waals surface area contributed by atoms with Gasteiger partial charge in [0.15, 0.2) is 0 Å². The molecule has 0 spiro atoms. The molecule has 0 saturated heterocycles. The van der Waals surface area contributed by atoms with Crippen LogP contribution in [0.2, 0.25) is 10.0 Å². The SMILES string of the molecule is CCCNc1nc(OC(C)CCC)c(Cl)cc1Cl. The number of aromatic nitrogens is 1. The second kappa shape index (κ2) is 7.70. The molecule has 3 nitrogen and oxygen atoms in total. The fourth-order valence-corrected chi connectivity index (χ4v) is 2.03. The van der Waals surface area contributed by atoms with Crippen LogP contribution in [0.15, 0.2) is 6.07 Å². The van der Waals surface area contributed by atoms with Gasteiger partial charge in [-0.1, -0.05) is 43.5 Å². The largest absolute Gasteiger partial charge is 0.474 e. The molecule has 18 heavy (non-hydrogen) atoms. The Labute approximate surface area is 119 Å². The predicted molar refractivity (Wildman–Crippen MR) is 78.0 cm³/mol. The first-order chi connectivity index (χ1) is 8.58. The molecule has 1 rings (SSSR count). The van der Waals surface area contributed by atoms with Crippen molar-refractivity contribution < 1.29 is 4.74 Å². The molecular weight excluding hydrogens is 271 g/mol. The summed E-state index contributed by atoms with van der Waals surface area (Å²) in [5, 5.41) is 4.12. The zero-order valence-corrected chi connectivity index (χ0v) is 12.6. The van der Waals surface area contributed by atoms with E-state index in [1.54, 1.807) is 6.07 Å². The first kappa shape index (κ1) is 15.4. The highest BCUT2D eigenvalue weighted by Gasteiger charge is 2.12. The molecule has 0 aliphatic rings. The quantitative estimate of drug-likeness (QED) is 0.785. The van der Waals surface area contributed by atoms with Crippen molar-refractivity contribution in [2.75, 3.05) is 11.9 Å². The van der Waals surface area contributed by atoms with Crippen molar-refractivity contribution in [1.82, 2.24) is 4.98 Å². The Hall–Kier alpha value is -0.670. The average molecular weight is 291 g/mol. The molecule has 0 bridgehead atoms. The molecule has 0 amide bonds. The van der Waals surface area contributed by atoms with Gasteiger partial charge in [0.25, 0.3) is 0 Å². The maximum absolute atomic E-state index is 6.08. The van der Waals surface area contributed by atoms with Gasteiger partial charge in [-0.25, -0.2) is 0 Å². The third-order valence-corrected chi connectivity index (χ3v) is 3.01. The van der Waals surface area contributed by atoms with Gasteiger partial charge in [0.05, 0.1) is 11.1 Å². The van der Waals surface area contributed by atoms with Crippen LogP contribution in [-0.4, -0.2) is 17.6 Å². The fourth-order valence-electron chi connectivity index (χ4n) is 1.56. The highest BCUT2D eigenvalue weighted by molar-refractivity contribution is 6.36. The maximum atomic E-state index is 6.08. The van der Waals surface area contributed by atoms with Gasteiger partial charge in [0.1, 0.15) is 10.8 Å². The van der Waals surface area contributed by atoms with Crippen molar-refractivity contribution in [3.05, 3.63) is 16.1 Å². The topological polar surface area (TPSA) is 34.2 Å². The molecule has 5 heteroatoms. The summed E-state index contributed by atoms with van der Waals surface area (Å²) in [7, 11) is 0. The minimum absolute atomic E-state index is 0.0974. The summed E-state index contributed by atoms with van der Waals surface area (Å²) >= 11 is 12.1. The Morgan fingerprint density at radius 1 is 1.28 bits per heavy atom. The first-order valence-corrected chi connectivity index (χ1v) is 7.10. The smallest absolute Gasteiger partial charge is 0.234 e. The van der Waals surface area contributed by atoms with Crippen molar-refractivity contribution in [2.45, 2.75) is 46.1 Å². The van der Waals surface area contributed by atoms with Crippen LogP contribution in [0.3, 0.4) is 0 Å². The van der Waals surface area contributed by atoms with E-state index >= 15 is 0 Å². The highest BCUT2D eigenvalue weighted by Crippen LogP contribution is 2.31. The number of hydrogen-bond acceptors (Lipinski definition) is 3. The summed E-state index contributed by atoms with van der Waals surface area (Å²) in [6.45, 7) is 7.02. The van der Waals surface area contributed by atoms with Gasteiger partial charge < -0.3 is 10.1 Å². The fraction of sp³-hybridized carbons (Fsp3) is 0.615. The molecule has 0 aliphatic heterocycles. The molecule has 0 aliphatic carbocycles. The van der Waals surface area contributed by atoms with Crippen LogP contribution in [-0.2, 0) is 0 Å². The first-order valence-electron chi connectivity index (χ1n) is 6.35. The van der Waals surface area contributed by atoms with Gasteiger partial charge in [-0.2, -0.15) is 4.98 Å². The van der Waals surface area contributed by atoms with Crippen molar-refractivity contribution in [2.24, 2.45) is 0 Å². The molecule has 1 aromatic rings. The van der Waals surface area contributed by atoms with Crippen LogP contribution in [0.5, 0.6) is 5.88 Å². The number of ether oxygens (including phenoxy) is 1. The van der Waals surface area contributed by atoms with E-state index in [2.05, 4.69) is 24.1 Å². The molecule has 1 atom stereocenters. The monoisotopic (exact) mass is 290 g/mol. The lowest BCUT2D eigenvalue weighted by Crippen LogP contribution is -2.13. The Morgan fingerprint density at radius 2 is 2.00 bits per heavy atom. The summed E-state index contributed by atoms with van der Waals surface area (Å²) in [4.78, 5) is 4.33. The summed E-state index contributed by atoms with van der Waals surface area (Å²) in [5.74, 6) is 1.07. The summed E-state index contributed by atoms with van der Waals surface area (Å²) in [6.07, 6.45) is 3.13. The summed E-state index contributed by atoms with van der Waals surface area (Å²) in [5.41, 5.74) is 0. The van der Waals surface area contributed by atoms with Gasteiger partial charge in [-0.3, -0.25) is 0 Å². The maximum Gasteiger partial charge on any atom is 0.234 e. The van der Waals surface area contributed by atoms with Crippen molar-refractivity contribution in [3.63, 3.8) is 0 Å². The Kier molecular flexibility index (Phi) is 6.58. The Balaban J connectivity index is 2.83. The lowest BCUT2D eigenvalue weighted by Gasteiger charge is -2.15. The van der Waals surface area contributed by atoms with E-state index < -0.39 is 0 Å². The van der Waals surface area contributed by atoms with Crippen LogP contribution in [0.25, 0.3) is 0 Å². The van der Waals surface area contributed by atoms with Crippen molar-refractivity contribution in [1.29, 1.82) is 0 Å². The normalized spacial score (nSPS) is 12.3. The van der Waals surface area contributed by atoms with Crippen molar-refractivity contribution in [3.8, 4) is 5.88 Å². The van der Waals surface area contributed by atoms with E-state index in [4.69, 9.17) is 27.9 Å². The van der Waals surface area contributed by atoms with Gasteiger partial charge in [-0.15, -0.1) is 0 Å². The number of halogens is 2. The molecular formula is C13H20Cl2N2O. The zero-order chi connectivity index (χ0) is 13.5. The number of hydrogen-bond donors (Lipinski definition) is 1. The number of rotatable bonds is 7. The number of anilines is 1. The Bertz CT molecular complexity index is 385. The van der Waals surface area contributed by atoms with E-state index in [1.807, 2.05) is 6.92 Å². The number of nitrogens with zero attached hydrogens (tertiary/aromatic N) is 1. The van der Waals surface area contributed by atoms with Gasteiger partial charge in [0.2, 0.25) is 5.88 Å². The standard InChI is InChI=1S/C13H20Cl2N2O/c1-4-6-9(3)18-13-11(15)8-10(14)12(17-13)16-7-5-2/h8-9H,4-7H2,1-3H3,(H,16,17). The third-order valence-electron chi connectivity index (χ3n) is 2.45. The van der Waals surface area contributed by atoms with Crippen LogP contribution < -0.4 is 10.1 Å². The lowest BCUT2D eigenvalue weighted by molar-refractivity contribution is 0.202. The van der Waals surface area contributed by atoms with E-state index in [1.165, 1.54) is 0 Å². The van der Waals surface area contributed by atoms with E-state index in [0.717, 1.165) is 25.8 Å². The van der Waals surface area contributed by atoms with Crippen LogP contribution in [0, 0.1) is 0 Å². The number of nitrogens with one attached hydrogen (secondary N) is 1. The Morgan fingerprint density at radius 3 is 2.61 bits per heavy atom. The lowest BCUT2D eigenvalue weighted by atomic mass is 10.2. The van der Waals surface area contributed by atoms with Gasteiger partial charge >= 0.3 is 0 Å². The second-order valence-corrected chi connectivity index (χ2v) is 5.06. The van der Waals surface area contributed by atoms with E-state index in [9.17, 15) is 0 Å². The highest BCUT2D eigenvalue weighted by atomic mass is 35.5. The van der Waals surface area contributed by atoms with Gasteiger partial charge in [0, 0.05) is 6.54 Å². The predicted octanol–water partition coefficient (Wildman–Crippen LogP) is 4.78. The van der Waals surface area contributed by atoms with Crippen LogP contribution in [0.1, 0.15) is 40.0 Å². The molecule has 102 valence electrons. The minimum atomic E-state index is 0.0974. The van der Waals surface area contributed by atoms with E-state index in [0.29, 0.717) is 21.7 Å². The zero-order valence-electron chi connectivity index (χ0n) is 11.1. The molecule has 1 aromatic heterocycles. The molecule has 0 fully saturated rings. The van der Waals surface area contributed by atoms with Crippen LogP contribution in [0.4, 0.5) is 5.82 Å². The minimum Gasteiger partial charge on any atom is -0.474 e. The summed E-state index contributed by atoms with van der Waals surface area (Å²) in [6, 6.07) is 1.67. The number of pyridine rings is 1. The second-order valence-electron chi connectivity index (χ2n) is 4.25. The average Bonchev–Trinajstić information content (AvgIpc) is 2.31. The molecule has 1 N–H and O–H groups in total. The van der Waals surface area contributed by atoms with Gasteiger partial charge in [-0.05, 0) is 25.8 Å². The van der Waals surface area contributed by atoms with Crippen molar-refractivity contribution >= 4 is 29.0 Å². The third kappa shape index (κ3) is 4.54.